The van der Waals surface area contributed by atoms with Crippen LogP contribution in [0.4, 0.5) is 0 Å². The predicted molar refractivity (Wildman–Crippen MR) is 50.7 cm³/mol. The summed E-state index contributed by atoms with van der Waals surface area (Å²) < 4.78 is 0.750. The van der Waals surface area contributed by atoms with Crippen LogP contribution in [0.3, 0.4) is 0 Å². The Bertz CT molecular complexity index is 303. The maximum absolute atomic E-state index is 8.52. The molecule has 4 heteroatoms. The van der Waals surface area contributed by atoms with Crippen LogP contribution in [0.1, 0.15) is 18.2 Å². The second-order valence-corrected chi connectivity index (χ2v) is 3.32. The first-order valence-electron chi connectivity index (χ1n) is 3.46. The first kappa shape index (κ1) is 9.19. The van der Waals surface area contributed by atoms with Crippen LogP contribution in [0.25, 0.3) is 0 Å². The van der Waals surface area contributed by atoms with Crippen LogP contribution < -0.4 is 0 Å². The molecule has 0 saturated heterocycles. The molecule has 64 valence electrons. The van der Waals surface area contributed by atoms with Crippen molar-refractivity contribution in [1.82, 2.24) is 4.98 Å². The summed E-state index contributed by atoms with van der Waals surface area (Å²) in [6, 6.07) is 3.67. The zero-order chi connectivity index (χ0) is 9.14. The normalized spacial score (nSPS) is 11.8. The van der Waals surface area contributed by atoms with Gasteiger partial charge in [-0.05, 0) is 41.9 Å². The highest BCUT2D eigenvalue weighted by molar-refractivity contribution is 9.10. The molecule has 3 nitrogen and oxygen atoms in total. The summed E-state index contributed by atoms with van der Waals surface area (Å²) in [5.41, 5.74) is 2.35. The van der Waals surface area contributed by atoms with Gasteiger partial charge in [0.05, 0.1) is 5.71 Å². The number of hydrogen-bond donors (Lipinski definition) is 1. The van der Waals surface area contributed by atoms with Crippen LogP contribution in [-0.2, 0) is 0 Å². The van der Waals surface area contributed by atoms with Crippen LogP contribution in [0, 0.1) is 6.92 Å². The Morgan fingerprint density at radius 1 is 1.58 bits per heavy atom. The number of halogens is 1. The minimum Gasteiger partial charge on any atom is -0.411 e. The van der Waals surface area contributed by atoms with Crippen molar-refractivity contribution in [2.24, 2.45) is 5.16 Å². The number of hydrogen-bond acceptors (Lipinski definition) is 3. The smallest absolute Gasteiger partial charge is 0.107 e. The number of rotatable bonds is 1. The van der Waals surface area contributed by atoms with Crippen molar-refractivity contribution in [1.29, 1.82) is 0 Å². The van der Waals surface area contributed by atoms with E-state index in [4.69, 9.17) is 5.21 Å². The minimum absolute atomic E-state index is 0.584. The SMILES string of the molecule is C/C(=N\O)c1cc(C)nc(Br)c1. The molecule has 0 radical (unpaired) electrons. The Balaban J connectivity index is 3.17. The summed E-state index contributed by atoms with van der Waals surface area (Å²) in [6.45, 7) is 3.63. The number of nitrogens with zero attached hydrogens (tertiary/aromatic N) is 2. The highest BCUT2D eigenvalue weighted by Gasteiger charge is 2.00. The second-order valence-electron chi connectivity index (χ2n) is 2.51. The number of aryl methyl sites for hydroxylation is 1. The number of aromatic nitrogens is 1. The van der Waals surface area contributed by atoms with Gasteiger partial charge in [-0.3, -0.25) is 0 Å². The standard InChI is InChI=1S/C8H9BrN2O/c1-5-3-7(6(2)11-12)4-8(9)10-5/h3-4,12H,1-2H3/b11-6+. The van der Waals surface area contributed by atoms with Crippen molar-refractivity contribution >= 4 is 21.6 Å². The minimum atomic E-state index is 0.584. The van der Waals surface area contributed by atoms with Crippen LogP contribution in [0.2, 0.25) is 0 Å². The molecule has 0 unspecified atom stereocenters. The van der Waals surface area contributed by atoms with E-state index in [-0.39, 0.29) is 0 Å². The quantitative estimate of drug-likeness (QED) is 0.347. The molecule has 0 aliphatic heterocycles. The zero-order valence-corrected chi connectivity index (χ0v) is 8.46. The van der Waals surface area contributed by atoms with Gasteiger partial charge in [0.25, 0.3) is 0 Å². The Hall–Kier alpha value is -0.900. The van der Waals surface area contributed by atoms with Gasteiger partial charge in [0.15, 0.2) is 0 Å². The molecule has 0 bridgehead atoms. The second kappa shape index (κ2) is 3.67. The summed E-state index contributed by atoms with van der Waals surface area (Å²) in [4.78, 5) is 4.13. The van der Waals surface area contributed by atoms with E-state index in [0.717, 1.165) is 15.9 Å². The van der Waals surface area contributed by atoms with Gasteiger partial charge in [-0.2, -0.15) is 0 Å². The molecular weight excluding hydrogens is 220 g/mol. The van der Waals surface area contributed by atoms with Crippen molar-refractivity contribution in [3.8, 4) is 0 Å². The lowest BCUT2D eigenvalue weighted by Gasteiger charge is -2.00. The first-order chi connectivity index (χ1) is 5.63. The summed E-state index contributed by atoms with van der Waals surface area (Å²) in [5, 5.41) is 11.6. The molecule has 0 saturated carbocycles. The molecule has 0 aliphatic rings. The zero-order valence-electron chi connectivity index (χ0n) is 6.87. The third kappa shape index (κ3) is 2.04. The predicted octanol–water partition coefficient (Wildman–Crippen LogP) is 2.35. The Morgan fingerprint density at radius 3 is 2.75 bits per heavy atom. The fraction of sp³-hybridized carbons (Fsp3) is 0.250. The summed E-state index contributed by atoms with van der Waals surface area (Å²) >= 11 is 3.26. The molecule has 0 fully saturated rings. The summed E-state index contributed by atoms with van der Waals surface area (Å²) in [7, 11) is 0. The van der Waals surface area contributed by atoms with E-state index >= 15 is 0 Å². The third-order valence-corrected chi connectivity index (χ3v) is 1.90. The average molecular weight is 229 g/mol. The van der Waals surface area contributed by atoms with Crippen LogP contribution in [0.15, 0.2) is 21.9 Å². The maximum Gasteiger partial charge on any atom is 0.107 e. The molecule has 0 aliphatic carbocycles. The van der Waals surface area contributed by atoms with Crippen molar-refractivity contribution in [2.45, 2.75) is 13.8 Å². The van der Waals surface area contributed by atoms with Crippen molar-refractivity contribution in [3.05, 3.63) is 28.0 Å². The highest BCUT2D eigenvalue weighted by Crippen LogP contribution is 2.11. The van der Waals surface area contributed by atoms with E-state index in [1.165, 1.54) is 0 Å². The van der Waals surface area contributed by atoms with E-state index in [2.05, 4.69) is 26.1 Å². The molecule has 1 heterocycles. The lowest BCUT2D eigenvalue weighted by molar-refractivity contribution is 0.319. The van der Waals surface area contributed by atoms with Crippen molar-refractivity contribution in [3.63, 3.8) is 0 Å². The lowest BCUT2D eigenvalue weighted by atomic mass is 10.1. The van der Waals surface area contributed by atoms with Crippen LogP contribution in [0.5, 0.6) is 0 Å². The van der Waals surface area contributed by atoms with E-state index in [9.17, 15) is 0 Å². The first-order valence-corrected chi connectivity index (χ1v) is 4.26. The molecule has 1 rings (SSSR count). The third-order valence-electron chi connectivity index (χ3n) is 1.49. The van der Waals surface area contributed by atoms with Crippen molar-refractivity contribution < 1.29 is 5.21 Å². The van der Waals surface area contributed by atoms with Gasteiger partial charge in [0.2, 0.25) is 0 Å². The Labute approximate surface area is 79.3 Å². The molecule has 0 atom stereocenters. The van der Waals surface area contributed by atoms with E-state index in [0.29, 0.717) is 5.71 Å². The monoisotopic (exact) mass is 228 g/mol. The van der Waals surface area contributed by atoms with Gasteiger partial charge >= 0.3 is 0 Å². The lowest BCUT2D eigenvalue weighted by Crippen LogP contribution is -1.96. The molecule has 12 heavy (non-hydrogen) atoms. The molecule has 1 aromatic heterocycles. The Kier molecular flexibility index (Phi) is 2.81. The van der Waals surface area contributed by atoms with Crippen LogP contribution in [-0.4, -0.2) is 15.9 Å². The molecular formula is C8H9BrN2O. The largest absolute Gasteiger partial charge is 0.411 e. The highest BCUT2D eigenvalue weighted by atomic mass is 79.9. The van der Waals surface area contributed by atoms with Gasteiger partial charge < -0.3 is 5.21 Å². The average Bonchev–Trinajstić information content (AvgIpc) is 2.01. The van der Waals surface area contributed by atoms with Crippen molar-refractivity contribution in [2.75, 3.05) is 0 Å². The summed E-state index contributed by atoms with van der Waals surface area (Å²) in [5.74, 6) is 0. The van der Waals surface area contributed by atoms with Gasteiger partial charge in [-0.25, -0.2) is 4.98 Å². The van der Waals surface area contributed by atoms with E-state index in [1.54, 1.807) is 6.92 Å². The number of pyridine rings is 1. The molecule has 1 aromatic rings. The van der Waals surface area contributed by atoms with Gasteiger partial charge in [0.1, 0.15) is 4.60 Å². The molecule has 0 amide bonds. The molecule has 0 aromatic carbocycles. The topological polar surface area (TPSA) is 45.5 Å². The van der Waals surface area contributed by atoms with Crippen LogP contribution >= 0.6 is 15.9 Å². The summed E-state index contributed by atoms with van der Waals surface area (Å²) in [6.07, 6.45) is 0. The van der Waals surface area contributed by atoms with E-state index < -0.39 is 0 Å². The molecule has 1 N–H and O–H groups in total. The fourth-order valence-corrected chi connectivity index (χ4v) is 1.42. The van der Waals surface area contributed by atoms with E-state index in [1.807, 2.05) is 19.1 Å². The maximum atomic E-state index is 8.52. The molecule has 0 spiro atoms. The number of oxime groups is 1. The fourth-order valence-electron chi connectivity index (χ4n) is 0.895. The van der Waals surface area contributed by atoms with Gasteiger partial charge in [-0.15, -0.1) is 0 Å². The Morgan fingerprint density at radius 2 is 2.25 bits per heavy atom. The van der Waals surface area contributed by atoms with Gasteiger partial charge in [0, 0.05) is 11.3 Å². The van der Waals surface area contributed by atoms with Gasteiger partial charge in [-0.1, -0.05) is 5.16 Å².